The summed E-state index contributed by atoms with van der Waals surface area (Å²) in [6, 6.07) is 0. The maximum Gasteiger partial charge on any atom is 0.247 e. The molecule has 1 heterocycles. The highest BCUT2D eigenvalue weighted by Crippen LogP contribution is 2.21. The number of hydrogen-bond donors (Lipinski definition) is 1. The summed E-state index contributed by atoms with van der Waals surface area (Å²) in [6.07, 6.45) is 0. The minimum Gasteiger partial charge on any atom is -0.363 e. The number of piperazine rings is 1. The first-order valence-corrected chi connectivity index (χ1v) is 5.63. The quantitative estimate of drug-likeness (QED) is 0.662. The molecule has 1 amide bonds. The predicted molar refractivity (Wildman–Crippen MR) is 64.7 cm³/mol. The van der Waals surface area contributed by atoms with Gasteiger partial charge in [-0.15, -0.1) is 0 Å². The van der Waals surface area contributed by atoms with Crippen molar-refractivity contribution in [2.24, 2.45) is 0 Å². The number of likely N-dealkylation sites (N-methyl/N-ethyl adjacent to an activating group) is 1. The van der Waals surface area contributed by atoms with Crippen LogP contribution in [0.1, 0.15) is 20.8 Å². The predicted octanol–water partition coefficient (Wildman–Crippen LogP) is 0.433. The Bertz CT molecular complexity index is 278. The van der Waals surface area contributed by atoms with Crippen LogP contribution in [-0.2, 0) is 4.79 Å². The molecule has 0 bridgehead atoms. The molecule has 0 saturated carbocycles. The number of carbonyl (C=O) groups excluding carboxylic acids is 1. The zero-order valence-corrected chi connectivity index (χ0v) is 10.6. The molecule has 1 N–H and O–H groups in total. The smallest absolute Gasteiger partial charge is 0.247 e. The van der Waals surface area contributed by atoms with E-state index < -0.39 is 5.54 Å². The molecule has 15 heavy (non-hydrogen) atoms. The number of thiocarbonyl (C=S) groups is 1. The summed E-state index contributed by atoms with van der Waals surface area (Å²) >= 11 is 5.26. The number of rotatable bonds is 1. The van der Waals surface area contributed by atoms with Crippen LogP contribution in [-0.4, -0.2) is 53.0 Å². The Morgan fingerprint density at radius 2 is 2.13 bits per heavy atom. The lowest BCUT2D eigenvalue weighted by Gasteiger charge is -2.45. The van der Waals surface area contributed by atoms with Crippen molar-refractivity contribution >= 4 is 23.2 Å². The number of carbonyl (C=O) groups is 1. The van der Waals surface area contributed by atoms with Gasteiger partial charge in [0, 0.05) is 26.7 Å². The minimum atomic E-state index is -0.535. The van der Waals surface area contributed by atoms with Crippen molar-refractivity contribution in [1.29, 1.82) is 0 Å². The van der Waals surface area contributed by atoms with E-state index in [-0.39, 0.29) is 5.91 Å². The average molecular weight is 229 g/mol. The molecule has 1 aliphatic rings. The highest BCUT2D eigenvalue weighted by atomic mass is 32.1. The third kappa shape index (κ3) is 2.22. The molecule has 0 aromatic carbocycles. The Morgan fingerprint density at radius 3 is 2.67 bits per heavy atom. The molecule has 4 nitrogen and oxygen atoms in total. The third-order valence-corrected chi connectivity index (χ3v) is 3.14. The van der Waals surface area contributed by atoms with E-state index in [0.717, 1.165) is 19.6 Å². The number of nitrogens with zero attached hydrogens (tertiary/aromatic N) is 2. The summed E-state index contributed by atoms with van der Waals surface area (Å²) in [6.45, 7) is 8.13. The molecule has 0 aromatic rings. The molecule has 5 heteroatoms. The molecule has 0 atom stereocenters. The van der Waals surface area contributed by atoms with E-state index in [1.807, 2.05) is 32.7 Å². The van der Waals surface area contributed by atoms with Gasteiger partial charge in [-0.2, -0.15) is 0 Å². The Labute approximate surface area is 96.6 Å². The van der Waals surface area contributed by atoms with Gasteiger partial charge < -0.3 is 15.1 Å². The SMILES string of the molecule is CCNC(=S)N1CCN(C)C(=O)C1(C)C. The average Bonchev–Trinajstić information content (AvgIpc) is 2.14. The van der Waals surface area contributed by atoms with Crippen LogP contribution in [0.5, 0.6) is 0 Å². The maximum atomic E-state index is 12.0. The fraction of sp³-hybridized carbons (Fsp3) is 0.800. The fourth-order valence-corrected chi connectivity index (χ4v) is 2.28. The topological polar surface area (TPSA) is 35.6 Å². The molecule has 1 aliphatic heterocycles. The Morgan fingerprint density at radius 1 is 1.53 bits per heavy atom. The second-order valence-electron chi connectivity index (χ2n) is 4.27. The summed E-state index contributed by atoms with van der Waals surface area (Å²) in [4.78, 5) is 15.7. The molecule has 0 aromatic heterocycles. The highest BCUT2D eigenvalue weighted by Gasteiger charge is 2.41. The first kappa shape index (κ1) is 12.2. The van der Waals surface area contributed by atoms with Crippen molar-refractivity contribution in [1.82, 2.24) is 15.1 Å². The lowest BCUT2D eigenvalue weighted by molar-refractivity contribution is -0.143. The van der Waals surface area contributed by atoms with Crippen LogP contribution in [0.2, 0.25) is 0 Å². The largest absolute Gasteiger partial charge is 0.363 e. The first-order chi connectivity index (χ1) is 6.91. The van der Waals surface area contributed by atoms with Gasteiger partial charge in [0.05, 0.1) is 0 Å². The second-order valence-corrected chi connectivity index (χ2v) is 4.66. The summed E-state index contributed by atoms with van der Waals surface area (Å²) in [5.41, 5.74) is -0.535. The van der Waals surface area contributed by atoms with Gasteiger partial charge in [0.2, 0.25) is 5.91 Å². The molecule has 0 unspecified atom stereocenters. The third-order valence-electron chi connectivity index (χ3n) is 2.78. The van der Waals surface area contributed by atoms with Crippen molar-refractivity contribution in [3.63, 3.8) is 0 Å². The highest BCUT2D eigenvalue weighted by molar-refractivity contribution is 7.80. The van der Waals surface area contributed by atoms with Crippen molar-refractivity contribution in [3.05, 3.63) is 0 Å². The summed E-state index contributed by atoms with van der Waals surface area (Å²) in [7, 11) is 1.83. The standard InChI is InChI=1S/C10H19N3OS/c1-5-11-9(15)13-7-6-12(4)8(14)10(13,2)3/h5-7H2,1-4H3,(H,11,15). The van der Waals surface area contributed by atoms with Gasteiger partial charge in [0.1, 0.15) is 5.54 Å². The van der Waals surface area contributed by atoms with Crippen LogP contribution in [0.4, 0.5) is 0 Å². The van der Waals surface area contributed by atoms with Gasteiger partial charge in [-0.1, -0.05) is 0 Å². The van der Waals surface area contributed by atoms with E-state index in [2.05, 4.69) is 5.32 Å². The Hall–Kier alpha value is -0.840. The molecule has 86 valence electrons. The second kappa shape index (κ2) is 4.35. The minimum absolute atomic E-state index is 0.119. The molecular weight excluding hydrogens is 210 g/mol. The lowest BCUT2D eigenvalue weighted by Crippen LogP contribution is -2.65. The maximum absolute atomic E-state index is 12.0. The van der Waals surface area contributed by atoms with E-state index in [1.54, 1.807) is 4.90 Å². The van der Waals surface area contributed by atoms with Crippen LogP contribution in [0, 0.1) is 0 Å². The molecule has 1 saturated heterocycles. The van der Waals surface area contributed by atoms with Crippen LogP contribution < -0.4 is 5.32 Å². The lowest BCUT2D eigenvalue weighted by atomic mass is 9.98. The van der Waals surface area contributed by atoms with Crippen molar-refractivity contribution < 1.29 is 4.79 Å². The van der Waals surface area contributed by atoms with Gasteiger partial charge >= 0.3 is 0 Å². The van der Waals surface area contributed by atoms with Crippen LogP contribution in [0.3, 0.4) is 0 Å². The van der Waals surface area contributed by atoms with E-state index in [0.29, 0.717) is 5.11 Å². The Balaban J connectivity index is 2.82. The van der Waals surface area contributed by atoms with Crippen molar-refractivity contribution in [2.75, 3.05) is 26.7 Å². The molecule has 0 radical (unpaired) electrons. The zero-order chi connectivity index (χ0) is 11.6. The molecule has 0 spiro atoms. The summed E-state index contributed by atoms with van der Waals surface area (Å²) in [5.74, 6) is 0.119. The summed E-state index contributed by atoms with van der Waals surface area (Å²) < 4.78 is 0. The fourth-order valence-electron chi connectivity index (χ4n) is 1.82. The van der Waals surface area contributed by atoms with Gasteiger partial charge in [0.25, 0.3) is 0 Å². The van der Waals surface area contributed by atoms with Crippen molar-refractivity contribution in [3.8, 4) is 0 Å². The van der Waals surface area contributed by atoms with Gasteiger partial charge in [-0.3, -0.25) is 4.79 Å². The van der Waals surface area contributed by atoms with E-state index in [4.69, 9.17) is 12.2 Å². The molecule has 1 fully saturated rings. The van der Waals surface area contributed by atoms with Crippen LogP contribution >= 0.6 is 12.2 Å². The normalized spacial score (nSPS) is 20.4. The monoisotopic (exact) mass is 229 g/mol. The first-order valence-electron chi connectivity index (χ1n) is 5.22. The Kier molecular flexibility index (Phi) is 3.54. The zero-order valence-electron chi connectivity index (χ0n) is 9.83. The van der Waals surface area contributed by atoms with E-state index >= 15 is 0 Å². The van der Waals surface area contributed by atoms with Crippen molar-refractivity contribution in [2.45, 2.75) is 26.3 Å². The number of hydrogen-bond acceptors (Lipinski definition) is 2. The van der Waals surface area contributed by atoms with Crippen LogP contribution in [0.15, 0.2) is 0 Å². The van der Waals surface area contributed by atoms with Gasteiger partial charge in [-0.05, 0) is 33.0 Å². The molecular formula is C10H19N3OS. The molecule has 0 aliphatic carbocycles. The van der Waals surface area contributed by atoms with Gasteiger partial charge in [0.15, 0.2) is 5.11 Å². The number of nitrogens with one attached hydrogen (secondary N) is 1. The van der Waals surface area contributed by atoms with Crippen LogP contribution in [0.25, 0.3) is 0 Å². The molecule has 1 rings (SSSR count). The van der Waals surface area contributed by atoms with E-state index in [9.17, 15) is 4.79 Å². The van der Waals surface area contributed by atoms with Gasteiger partial charge in [-0.25, -0.2) is 0 Å². The number of amides is 1. The summed E-state index contributed by atoms with van der Waals surface area (Å²) in [5, 5.41) is 3.76. The van der Waals surface area contributed by atoms with E-state index in [1.165, 1.54) is 0 Å².